The Morgan fingerprint density at radius 3 is 2.33 bits per heavy atom. The zero-order valence-electron chi connectivity index (χ0n) is 13.0. The lowest BCUT2D eigenvalue weighted by atomic mass is 9.49. The van der Waals surface area contributed by atoms with Gasteiger partial charge in [-0.15, -0.1) is 0 Å². The van der Waals surface area contributed by atoms with Crippen LogP contribution in [0.15, 0.2) is 16.8 Å². The Morgan fingerprint density at radius 1 is 1.19 bits per heavy atom. The second-order valence-corrected chi connectivity index (χ2v) is 8.22. The third-order valence-corrected chi connectivity index (χ3v) is 6.21. The number of amides is 1. The van der Waals surface area contributed by atoms with E-state index in [1.165, 1.54) is 44.1 Å². The lowest BCUT2D eigenvalue weighted by Gasteiger charge is -2.56. The molecule has 4 fully saturated rings. The summed E-state index contributed by atoms with van der Waals surface area (Å²) in [5, 5.41) is 4.31. The van der Waals surface area contributed by atoms with E-state index in [4.69, 9.17) is 0 Å². The van der Waals surface area contributed by atoms with E-state index < -0.39 is 0 Å². The average molecular weight is 286 g/mol. The first-order valence-electron chi connectivity index (χ1n) is 8.63. The molecular formula is C18H26N2O. The van der Waals surface area contributed by atoms with Gasteiger partial charge in [0.25, 0.3) is 0 Å². The molecule has 0 unspecified atom stereocenters. The molecule has 1 N–H and O–H groups in total. The van der Waals surface area contributed by atoms with Crippen LogP contribution in [0.3, 0.4) is 0 Å². The van der Waals surface area contributed by atoms with Gasteiger partial charge < -0.3 is 0 Å². The van der Waals surface area contributed by atoms with E-state index in [0.717, 1.165) is 36.3 Å². The van der Waals surface area contributed by atoms with Gasteiger partial charge in [-0.1, -0.05) is 5.57 Å². The number of carbonyl (C=O) groups is 1. The van der Waals surface area contributed by atoms with Gasteiger partial charge >= 0.3 is 0 Å². The molecule has 21 heavy (non-hydrogen) atoms. The number of nitrogens with one attached hydrogen (secondary N) is 1. The van der Waals surface area contributed by atoms with Gasteiger partial charge in [-0.05, 0) is 87.5 Å². The van der Waals surface area contributed by atoms with E-state index in [1.807, 2.05) is 0 Å². The summed E-state index contributed by atoms with van der Waals surface area (Å²) < 4.78 is 0. The fourth-order valence-corrected chi connectivity index (χ4v) is 5.86. The molecule has 5 aliphatic carbocycles. The molecule has 1 amide bonds. The monoisotopic (exact) mass is 286 g/mol. The molecule has 114 valence electrons. The lowest BCUT2D eigenvalue weighted by Crippen LogP contribution is -2.47. The highest BCUT2D eigenvalue weighted by Gasteiger charge is 2.51. The summed E-state index contributed by atoms with van der Waals surface area (Å²) in [6.07, 6.45) is 13.1. The first-order valence-corrected chi connectivity index (χ1v) is 8.63. The van der Waals surface area contributed by atoms with Crippen molar-refractivity contribution in [2.45, 2.75) is 64.7 Å². The molecule has 0 spiro atoms. The molecule has 0 aromatic carbocycles. The minimum absolute atomic E-state index is 0.141. The van der Waals surface area contributed by atoms with Crippen LogP contribution in [0.1, 0.15) is 64.7 Å². The van der Waals surface area contributed by atoms with E-state index in [0.29, 0.717) is 11.8 Å². The number of hydrazone groups is 1. The summed E-state index contributed by atoms with van der Waals surface area (Å²) in [5.74, 6) is 2.88. The van der Waals surface area contributed by atoms with Crippen molar-refractivity contribution in [3.8, 4) is 0 Å². The fraction of sp³-hybridized carbons (Fsp3) is 0.778. The Balaban J connectivity index is 1.38. The SMILES string of the molecule is CC1=C/C(=N/NC(=O)CC23CC4CC(CC(C4)C2)C3)CC1. The predicted octanol–water partition coefficient (Wildman–Crippen LogP) is 3.81. The first kappa shape index (κ1) is 13.5. The number of nitrogens with zero attached hydrogens (tertiary/aromatic N) is 1. The van der Waals surface area contributed by atoms with E-state index in [2.05, 4.69) is 23.5 Å². The quantitative estimate of drug-likeness (QED) is 0.788. The second kappa shape index (κ2) is 4.96. The van der Waals surface area contributed by atoms with Gasteiger partial charge in [0.15, 0.2) is 0 Å². The van der Waals surface area contributed by atoms with Crippen LogP contribution in [0.5, 0.6) is 0 Å². The highest BCUT2D eigenvalue weighted by Crippen LogP contribution is 2.61. The molecule has 0 radical (unpaired) electrons. The molecule has 0 saturated heterocycles. The van der Waals surface area contributed by atoms with Gasteiger partial charge in [-0.25, -0.2) is 5.43 Å². The van der Waals surface area contributed by atoms with Crippen molar-refractivity contribution >= 4 is 11.6 Å². The van der Waals surface area contributed by atoms with Crippen molar-refractivity contribution in [3.63, 3.8) is 0 Å². The van der Waals surface area contributed by atoms with Gasteiger partial charge in [0, 0.05) is 6.42 Å². The molecule has 0 aromatic rings. The van der Waals surface area contributed by atoms with Gasteiger partial charge in [-0.2, -0.15) is 5.10 Å². The van der Waals surface area contributed by atoms with Gasteiger partial charge in [0.1, 0.15) is 0 Å². The van der Waals surface area contributed by atoms with Crippen LogP contribution in [0, 0.1) is 23.2 Å². The zero-order valence-corrected chi connectivity index (χ0v) is 13.0. The Hall–Kier alpha value is -1.12. The van der Waals surface area contributed by atoms with Crippen LogP contribution in [0.4, 0.5) is 0 Å². The maximum atomic E-state index is 12.3. The maximum absolute atomic E-state index is 12.3. The fourth-order valence-electron chi connectivity index (χ4n) is 5.86. The normalized spacial score (nSPS) is 42.4. The van der Waals surface area contributed by atoms with Crippen LogP contribution in [-0.4, -0.2) is 11.6 Å². The molecule has 0 aliphatic heterocycles. The van der Waals surface area contributed by atoms with Crippen molar-refractivity contribution in [2.75, 3.05) is 0 Å². The van der Waals surface area contributed by atoms with Crippen molar-refractivity contribution in [3.05, 3.63) is 11.6 Å². The van der Waals surface area contributed by atoms with E-state index >= 15 is 0 Å². The van der Waals surface area contributed by atoms with Crippen molar-refractivity contribution in [1.82, 2.24) is 5.43 Å². The molecule has 4 bridgehead atoms. The van der Waals surface area contributed by atoms with Crippen LogP contribution in [-0.2, 0) is 4.79 Å². The van der Waals surface area contributed by atoms with Crippen LogP contribution in [0.25, 0.3) is 0 Å². The number of allylic oxidation sites excluding steroid dienone is 2. The van der Waals surface area contributed by atoms with Crippen LogP contribution < -0.4 is 5.43 Å². The van der Waals surface area contributed by atoms with Gasteiger partial charge in [-0.3, -0.25) is 4.79 Å². The maximum Gasteiger partial charge on any atom is 0.240 e. The molecule has 0 aromatic heterocycles. The molecule has 3 heteroatoms. The van der Waals surface area contributed by atoms with Crippen LogP contribution in [0.2, 0.25) is 0 Å². The number of rotatable bonds is 3. The molecule has 4 saturated carbocycles. The topological polar surface area (TPSA) is 41.5 Å². The Labute approximate surface area is 127 Å². The lowest BCUT2D eigenvalue weighted by molar-refractivity contribution is -0.129. The van der Waals surface area contributed by atoms with Crippen molar-refractivity contribution in [2.24, 2.45) is 28.3 Å². The zero-order chi connectivity index (χ0) is 14.4. The van der Waals surface area contributed by atoms with Crippen molar-refractivity contribution < 1.29 is 4.79 Å². The third kappa shape index (κ3) is 2.67. The highest BCUT2D eigenvalue weighted by atomic mass is 16.2. The molecular weight excluding hydrogens is 260 g/mol. The molecule has 3 nitrogen and oxygen atoms in total. The Morgan fingerprint density at radius 2 is 1.81 bits per heavy atom. The van der Waals surface area contributed by atoms with E-state index in [1.54, 1.807) is 0 Å². The van der Waals surface area contributed by atoms with E-state index in [-0.39, 0.29) is 5.91 Å². The average Bonchev–Trinajstić information content (AvgIpc) is 2.80. The molecule has 0 heterocycles. The van der Waals surface area contributed by atoms with Gasteiger partial charge in [0.05, 0.1) is 5.71 Å². The first-order chi connectivity index (χ1) is 10.1. The molecule has 5 rings (SSSR count). The minimum atomic E-state index is 0.141. The minimum Gasteiger partial charge on any atom is -0.273 e. The largest absolute Gasteiger partial charge is 0.273 e. The summed E-state index contributed by atoms with van der Waals surface area (Å²) in [6.45, 7) is 2.12. The summed E-state index contributed by atoms with van der Waals surface area (Å²) >= 11 is 0. The summed E-state index contributed by atoms with van der Waals surface area (Å²) in [7, 11) is 0. The van der Waals surface area contributed by atoms with Gasteiger partial charge in [0.2, 0.25) is 5.91 Å². The smallest absolute Gasteiger partial charge is 0.240 e. The Bertz CT molecular complexity index is 482. The number of hydrogen-bond acceptors (Lipinski definition) is 2. The summed E-state index contributed by atoms with van der Waals surface area (Å²) in [6, 6.07) is 0. The van der Waals surface area contributed by atoms with E-state index in [9.17, 15) is 4.79 Å². The predicted molar refractivity (Wildman–Crippen MR) is 83.8 cm³/mol. The molecule has 5 aliphatic rings. The summed E-state index contributed by atoms with van der Waals surface area (Å²) in [4.78, 5) is 12.3. The Kier molecular flexibility index (Phi) is 3.20. The number of hydrogen-bond donors (Lipinski definition) is 1. The summed E-state index contributed by atoms with van der Waals surface area (Å²) in [5.41, 5.74) is 5.54. The van der Waals surface area contributed by atoms with Crippen molar-refractivity contribution in [1.29, 1.82) is 0 Å². The third-order valence-electron chi connectivity index (χ3n) is 6.21. The standard InChI is InChI=1S/C18H26N2O/c1-12-2-3-16(4-12)19-20-17(21)11-18-8-13-5-14(9-18)7-15(6-13)10-18/h4,13-15H,2-3,5-11H2,1H3,(H,20,21)/b19-16+. The highest BCUT2D eigenvalue weighted by molar-refractivity contribution is 5.98. The number of carbonyl (C=O) groups excluding carboxylic acids is 1. The molecule has 0 atom stereocenters. The second-order valence-electron chi connectivity index (χ2n) is 8.22. The van der Waals surface area contributed by atoms with Crippen LogP contribution >= 0.6 is 0 Å².